The van der Waals surface area contributed by atoms with Crippen LogP contribution in [0, 0.1) is 5.41 Å². The minimum Gasteiger partial charge on any atom is -0.314 e. The van der Waals surface area contributed by atoms with Gasteiger partial charge in [0.1, 0.15) is 12.2 Å². The second-order valence-corrected chi connectivity index (χ2v) is 4.87. The average Bonchev–Trinajstić information content (AvgIpc) is 2.62. The Morgan fingerprint density at radius 1 is 1.62 bits per heavy atom. The number of aromatic nitrogens is 3. The molecule has 0 saturated carbocycles. The number of rotatable bonds is 6. The van der Waals surface area contributed by atoms with Gasteiger partial charge in [-0.15, -0.1) is 6.58 Å². The maximum absolute atomic E-state index is 4.25. The second-order valence-electron chi connectivity index (χ2n) is 4.87. The zero-order chi connectivity index (χ0) is 12.2. The van der Waals surface area contributed by atoms with Crippen LogP contribution >= 0.6 is 0 Å². The number of nitrogens with one attached hydrogen (secondary N) is 1. The van der Waals surface area contributed by atoms with Crippen LogP contribution in [0.25, 0.3) is 0 Å². The summed E-state index contributed by atoms with van der Waals surface area (Å²) in [6, 6.07) is 0.485. The Bertz CT molecular complexity index is 343. The molecule has 0 aromatic carbocycles. The predicted molar refractivity (Wildman–Crippen MR) is 66.1 cm³/mol. The number of hydrogen-bond donors (Lipinski definition) is 1. The van der Waals surface area contributed by atoms with E-state index in [2.05, 4.69) is 42.7 Å². The van der Waals surface area contributed by atoms with E-state index < -0.39 is 0 Å². The molecular formula is C12H22N4. The first kappa shape index (κ1) is 12.9. The van der Waals surface area contributed by atoms with Crippen molar-refractivity contribution in [2.45, 2.75) is 33.2 Å². The summed E-state index contributed by atoms with van der Waals surface area (Å²) in [5.74, 6) is 0.993. The monoisotopic (exact) mass is 222 g/mol. The topological polar surface area (TPSA) is 42.7 Å². The third-order valence-corrected chi connectivity index (χ3v) is 2.77. The molecule has 1 atom stereocenters. The highest BCUT2D eigenvalue weighted by Crippen LogP contribution is 2.21. The Balaban J connectivity index is 2.66. The SMILES string of the molecule is C=CC(C)(CNC(C)C)Cc1ncnn1C. The van der Waals surface area contributed by atoms with Crippen LogP contribution in [0.2, 0.25) is 0 Å². The molecule has 0 bridgehead atoms. The lowest BCUT2D eigenvalue weighted by molar-refractivity contribution is 0.361. The smallest absolute Gasteiger partial charge is 0.138 e. The van der Waals surface area contributed by atoms with Crippen LogP contribution in [-0.4, -0.2) is 27.4 Å². The van der Waals surface area contributed by atoms with Crippen LogP contribution < -0.4 is 5.32 Å². The van der Waals surface area contributed by atoms with E-state index in [9.17, 15) is 0 Å². The van der Waals surface area contributed by atoms with Gasteiger partial charge in [-0.2, -0.15) is 5.10 Å². The van der Waals surface area contributed by atoms with Gasteiger partial charge in [-0.05, 0) is 0 Å². The molecule has 90 valence electrons. The molecule has 0 aliphatic carbocycles. The van der Waals surface area contributed by atoms with Crippen molar-refractivity contribution < 1.29 is 0 Å². The van der Waals surface area contributed by atoms with Crippen molar-refractivity contribution in [3.8, 4) is 0 Å². The number of aryl methyl sites for hydroxylation is 1. The summed E-state index contributed by atoms with van der Waals surface area (Å²) in [6.07, 6.45) is 4.44. The first-order valence-corrected chi connectivity index (χ1v) is 5.67. The molecule has 1 N–H and O–H groups in total. The van der Waals surface area contributed by atoms with E-state index in [1.54, 1.807) is 6.33 Å². The Morgan fingerprint density at radius 2 is 2.31 bits per heavy atom. The van der Waals surface area contributed by atoms with Crippen molar-refractivity contribution in [1.82, 2.24) is 20.1 Å². The molecule has 1 aromatic heterocycles. The Kier molecular flexibility index (Phi) is 4.24. The molecule has 4 nitrogen and oxygen atoms in total. The van der Waals surface area contributed by atoms with Crippen LogP contribution in [0.5, 0.6) is 0 Å². The first-order valence-electron chi connectivity index (χ1n) is 5.67. The highest BCUT2D eigenvalue weighted by Gasteiger charge is 2.23. The van der Waals surface area contributed by atoms with E-state index in [1.807, 2.05) is 17.8 Å². The zero-order valence-electron chi connectivity index (χ0n) is 10.7. The van der Waals surface area contributed by atoms with E-state index in [0.29, 0.717) is 6.04 Å². The number of hydrogen-bond acceptors (Lipinski definition) is 3. The van der Waals surface area contributed by atoms with Crippen molar-refractivity contribution in [3.63, 3.8) is 0 Å². The first-order chi connectivity index (χ1) is 7.47. The Labute approximate surface area is 97.8 Å². The lowest BCUT2D eigenvalue weighted by atomic mass is 9.86. The molecule has 1 rings (SSSR count). The third kappa shape index (κ3) is 3.45. The molecule has 0 amide bonds. The van der Waals surface area contributed by atoms with Gasteiger partial charge in [0.25, 0.3) is 0 Å². The van der Waals surface area contributed by atoms with E-state index in [-0.39, 0.29) is 5.41 Å². The minimum atomic E-state index is 0.0189. The summed E-state index contributed by atoms with van der Waals surface area (Å²) in [4.78, 5) is 4.25. The van der Waals surface area contributed by atoms with Gasteiger partial charge in [0, 0.05) is 31.5 Å². The molecule has 0 radical (unpaired) electrons. The van der Waals surface area contributed by atoms with Gasteiger partial charge < -0.3 is 5.32 Å². The summed E-state index contributed by atoms with van der Waals surface area (Å²) in [5, 5.41) is 7.52. The molecule has 4 heteroatoms. The zero-order valence-corrected chi connectivity index (χ0v) is 10.7. The second kappa shape index (κ2) is 5.25. The van der Waals surface area contributed by atoms with Crippen LogP contribution in [0.1, 0.15) is 26.6 Å². The molecule has 0 aliphatic heterocycles. The molecule has 1 unspecified atom stereocenters. The van der Waals surface area contributed by atoms with Gasteiger partial charge >= 0.3 is 0 Å². The fourth-order valence-corrected chi connectivity index (χ4v) is 1.49. The lowest BCUT2D eigenvalue weighted by Crippen LogP contribution is -2.36. The molecule has 0 fully saturated rings. The molecule has 0 saturated heterocycles. The van der Waals surface area contributed by atoms with Crippen LogP contribution in [0.4, 0.5) is 0 Å². The van der Waals surface area contributed by atoms with Gasteiger partial charge in [-0.25, -0.2) is 4.98 Å². The third-order valence-electron chi connectivity index (χ3n) is 2.77. The highest BCUT2D eigenvalue weighted by atomic mass is 15.3. The van der Waals surface area contributed by atoms with Crippen LogP contribution in [0.15, 0.2) is 19.0 Å². The summed E-state index contributed by atoms with van der Waals surface area (Å²) in [7, 11) is 1.92. The van der Waals surface area contributed by atoms with E-state index >= 15 is 0 Å². The summed E-state index contributed by atoms with van der Waals surface area (Å²) in [6.45, 7) is 11.3. The van der Waals surface area contributed by atoms with Crippen molar-refractivity contribution in [2.75, 3.05) is 6.54 Å². The summed E-state index contributed by atoms with van der Waals surface area (Å²) < 4.78 is 1.82. The lowest BCUT2D eigenvalue weighted by Gasteiger charge is -2.26. The standard InChI is InChI=1S/C12H22N4/c1-6-12(4,8-13-10(2)3)7-11-14-9-15-16(11)5/h6,9-10,13H,1,7-8H2,2-5H3. The normalized spacial score (nSPS) is 15.1. The minimum absolute atomic E-state index is 0.0189. The summed E-state index contributed by atoms with van der Waals surface area (Å²) in [5.41, 5.74) is 0.0189. The van der Waals surface area contributed by atoms with Crippen LogP contribution in [-0.2, 0) is 13.5 Å². The molecule has 16 heavy (non-hydrogen) atoms. The van der Waals surface area contributed by atoms with Crippen molar-refractivity contribution in [3.05, 3.63) is 24.8 Å². The maximum Gasteiger partial charge on any atom is 0.138 e. The van der Waals surface area contributed by atoms with Gasteiger partial charge in [-0.3, -0.25) is 4.68 Å². The fourth-order valence-electron chi connectivity index (χ4n) is 1.49. The summed E-state index contributed by atoms with van der Waals surface area (Å²) >= 11 is 0. The maximum atomic E-state index is 4.25. The van der Waals surface area contributed by atoms with E-state index in [1.165, 1.54) is 0 Å². The van der Waals surface area contributed by atoms with Crippen LogP contribution in [0.3, 0.4) is 0 Å². The number of nitrogens with zero attached hydrogens (tertiary/aromatic N) is 3. The molecule has 1 aromatic rings. The largest absolute Gasteiger partial charge is 0.314 e. The van der Waals surface area contributed by atoms with Crippen molar-refractivity contribution in [1.29, 1.82) is 0 Å². The molecule has 0 aliphatic rings. The molecular weight excluding hydrogens is 200 g/mol. The Hall–Kier alpha value is -1.16. The van der Waals surface area contributed by atoms with Crippen molar-refractivity contribution in [2.24, 2.45) is 12.5 Å². The average molecular weight is 222 g/mol. The molecule has 0 spiro atoms. The quantitative estimate of drug-likeness (QED) is 0.743. The van der Waals surface area contributed by atoms with Crippen molar-refractivity contribution >= 4 is 0 Å². The van der Waals surface area contributed by atoms with E-state index in [4.69, 9.17) is 0 Å². The van der Waals surface area contributed by atoms with Gasteiger partial charge in [-0.1, -0.05) is 26.8 Å². The van der Waals surface area contributed by atoms with Gasteiger partial charge in [0.2, 0.25) is 0 Å². The predicted octanol–water partition coefficient (Wildman–Crippen LogP) is 1.55. The highest BCUT2D eigenvalue weighted by molar-refractivity contribution is 5.01. The fraction of sp³-hybridized carbons (Fsp3) is 0.667. The van der Waals surface area contributed by atoms with E-state index in [0.717, 1.165) is 18.8 Å². The molecule has 1 heterocycles. The van der Waals surface area contributed by atoms with Gasteiger partial charge in [0.05, 0.1) is 0 Å². The van der Waals surface area contributed by atoms with Gasteiger partial charge in [0.15, 0.2) is 0 Å². The Morgan fingerprint density at radius 3 is 2.75 bits per heavy atom.